The van der Waals surface area contributed by atoms with Gasteiger partial charge in [-0.1, -0.05) is 0 Å². The van der Waals surface area contributed by atoms with Crippen LogP contribution in [-0.4, -0.2) is 7.05 Å². The first-order valence-corrected chi connectivity index (χ1v) is 4.29. The van der Waals surface area contributed by atoms with Gasteiger partial charge in [0.05, 0.1) is 5.69 Å². The number of hydrogen-bond donors (Lipinski definition) is 1. The zero-order valence-electron chi connectivity index (χ0n) is 6.10. The minimum Gasteiger partial charge on any atom is -0.385 e. The molecule has 0 heterocycles. The average Bonchev–Trinajstić information content (AvgIpc) is 2.15. The number of anilines is 1. The van der Waals surface area contributed by atoms with E-state index in [4.69, 9.17) is 0 Å². The van der Waals surface area contributed by atoms with Crippen molar-refractivity contribution in [3.05, 3.63) is 38.1 Å². The minimum atomic E-state index is 0.0235. The highest BCUT2D eigenvalue weighted by Gasteiger charge is 1.91. The summed E-state index contributed by atoms with van der Waals surface area (Å²) in [6.45, 7) is 0. The van der Waals surface area contributed by atoms with Gasteiger partial charge in [-0.3, -0.25) is 4.79 Å². The summed E-state index contributed by atoms with van der Waals surface area (Å²) in [5.41, 5.74) is 0.656. The van der Waals surface area contributed by atoms with Gasteiger partial charge in [0.25, 0.3) is 0 Å². The summed E-state index contributed by atoms with van der Waals surface area (Å²) in [5.74, 6) is 0. The number of rotatable bonds is 1. The number of halogens is 1. The third kappa shape index (κ3) is 2.18. The van der Waals surface area contributed by atoms with Crippen LogP contribution < -0.4 is 10.7 Å². The summed E-state index contributed by atoms with van der Waals surface area (Å²) in [5, 5.41) is 2.83. The van der Waals surface area contributed by atoms with Crippen LogP contribution in [0.2, 0.25) is 0 Å². The summed E-state index contributed by atoms with van der Waals surface area (Å²) in [4.78, 5) is 11.1. The van der Waals surface area contributed by atoms with Crippen LogP contribution >= 0.6 is 22.6 Å². The van der Waals surface area contributed by atoms with Crippen LogP contribution in [0.4, 0.5) is 5.69 Å². The number of nitrogens with one attached hydrogen (secondary N) is 1. The molecule has 0 fully saturated rings. The van der Waals surface area contributed by atoms with E-state index in [0.29, 0.717) is 5.69 Å². The van der Waals surface area contributed by atoms with Crippen molar-refractivity contribution in [3.63, 3.8) is 0 Å². The van der Waals surface area contributed by atoms with Gasteiger partial charge in [0.1, 0.15) is 0 Å². The second-order valence-corrected chi connectivity index (χ2v) is 3.33. The molecule has 0 saturated heterocycles. The van der Waals surface area contributed by atoms with E-state index in [1.165, 1.54) is 0 Å². The maximum Gasteiger partial charge on any atom is 0.201 e. The molecule has 3 heteroatoms. The Morgan fingerprint density at radius 3 is 2.55 bits per heavy atom. The van der Waals surface area contributed by atoms with Crippen LogP contribution in [0.3, 0.4) is 0 Å². The average molecular weight is 261 g/mol. The molecule has 1 aromatic rings. The highest BCUT2D eigenvalue weighted by Crippen LogP contribution is 2.02. The van der Waals surface area contributed by atoms with Gasteiger partial charge in [0.15, 0.2) is 0 Å². The van der Waals surface area contributed by atoms with Crippen LogP contribution in [-0.2, 0) is 0 Å². The lowest BCUT2D eigenvalue weighted by Crippen LogP contribution is -2.02. The Balaban J connectivity index is 3.33. The first-order valence-electron chi connectivity index (χ1n) is 3.21. The molecule has 0 bridgehead atoms. The zero-order valence-corrected chi connectivity index (χ0v) is 8.25. The fourth-order valence-electron chi connectivity index (χ4n) is 0.752. The molecule has 0 atom stereocenters. The Morgan fingerprint density at radius 2 is 1.91 bits per heavy atom. The fraction of sp³-hybridized carbons (Fsp3) is 0.125. The van der Waals surface area contributed by atoms with Crippen molar-refractivity contribution in [2.75, 3.05) is 12.4 Å². The van der Waals surface area contributed by atoms with Gasteiger partial charge in [0, 0.05) is 10.6 Å². The third-order valence-electron chi connectivity index (χ3n) is 1.34. The van der Waals surface area contributed by atoms with Gasteiger partial charge in [-0.15, -0.1) is 0 Å². The van der Waals surface area contributed by atoms with Gasteiger partial charge in [-0.2, -0.15) is 0 Å². The fourth-order valence-corrected chi connectivity index (χ4v) is 1.11. The van der Waals surface area contributed by atoms with Crippen molar-refractivity contribution in [2.45, 2.75) is 0 Å². The quantitative estimate of drug-likeness (QED) is 0.779. The second-order valence-electron chi connectivity index (χ2n) is 2.08. The van der Waals surface area contributed by atoms with Crippen molar-refractivity contribution in [1.82, 2.24) is 0 Å². The largest absolute Gasteiger partial charge is 0.385 e. The summed E-state index contributed by atoms with van der Waals surface area (Å²) in [6.07, 6.45) is 0. The Hall–Kier alpha value is -0.580. The van der Waals surface area contributed by atoms with E-state index in [2.05, 4.69) is 27.9 Å². The van der Waals surface area contributed by atoms with Gasteiger partial charge in [0.2, 0.25) is 5.43 Å². The van der Waals surface area contributed by atoms with Crippen molar-refractivity contribution in [3.8, 4) is 0 Å². The molecule has 0 amide bonds. The third-order valence-corrected chi connectivity index (χ3v) is 2.06. The summed E-state index contributed by atoms with van der Waals surface area (Å²) >= 11 is 2.17. The molecule has 0 aliphatic heterocycles. The summed E-state index contributed by atoms with van der Waals surface area (Å²) in [6, 6.07) is 7.04. The molecule has 0 spiro atoms. The molecular formula is C8H8INO. The van der Waals surface area contributed by atoms with Gasteiger partial charge >= 0.3 is 0 Å². The summed E-state index contributed by atoms with van der Waals surface area (Å²) in [7, 11) is 1.74. The SMILES string of the molecule is CNc1ccc(I)ccc1=O. The number of hydrogen-bond acceptors (Lipinski definition) is 2. The van der Waals surface area contributed by atoms with E-state index in [-0.39, 0.29) is 5.43 Å². The second kappa shape index (κ2) is 3.71. The molecule has 0 aliphatic carbocycles. The van der Waals surface area contributed by atoms with Crippen LogP contribution in [0.5, 0.6) is 0 Å². The van der Waals surface area contributed by atoms with Crippen molar-refractivity contribution in [1.29, 1.82) is 0 Å². The first kappa shape index (κ1) is 8.52. The van der Waals surface area contributed by atoms with Crippen LogP contribution in [0.15, 0.2) is 29.1 Å². The Morgan fingerprint density at radius 1 is 1.27 bits per heavy atom. The van der Waals surface area contributed by atoms with Crippen molar-refractivity contribution < 1.29 is 0 Å². The Kier molecular flexibility index (Phi) is 2.87. The molecule has 0 saturated carbocycles. The molecular weight excluding hydrogens is 253 g/mol. The predicted octanol–water partition coefficient (Wildman–Crippen LogP) is 1.69. The smallest absolute Gasteiger partial charge is 0.201 e. The van der Waals surface area contributed by atoms with Gasteiger partial charge in [-0.25, -0.2) is 0 Å². The van der Waals surface area contributed by atoms with E-state index < -0.39 is 0 Å². The van der Waals surface area contributed by atoms with Gasteiger partial charge in [-0.05, 0) is 46.9 Å². The highest BCUT2D eigenvalue weighted by atomic mass is 127. The maximum atomic E-state index is 11.1. The van der Waals surface area contributed by atoms with E-state index in [1.807, 2.05) is 6.07 Å². The molecule has 0 aliphatic rings. The monoisotopic (exact) mass is 261 g/mol. The van der Waals surface area contributed by atoms with Crippen LogP contribution in [0, 0.1) is 3.57 Å². The summed E-state index contributed by atoms with van der Waals surface area (Å²) < 4.78 is 1.06. The van der Waals surface area contributed by atoms with E-state index >= 15 is 0 Å². The lowest BCUT2D eigenvalue weighted by molar-refractivity contribution is 1.49. The molecule has 1 N–H and O–H groups in total. The Bertz CT molecular complexity index is 311. The van der Waals surface area contributed by atoms with Crippen LogP contribution in [0.1, 0.15) is 0 Å². The van der Waals surface area contributed by atoms with Crippen molar-refractivity contribution >= 4 is 28.3 Å². The standard InChI is InChI=1S/C8H8INO/c1-10-7-4-2-6(9)3-5-8(7)11/h2-5H,1H3,(H,10,11). The normalized spacial score (nSPS) is 9.27. The molecule has 1 rings (SSSR count). The Labute approximate surface area is 78.8 Å². The van der Waals surface area contributed by atoms with E-state index in [1.54, 1.807) is 25.2 Å². The predicted molar refractivity (Wildman–Crippen MR) is 55.0 cm³/mol. The highest BCUT2D eigenvalue weighted by molar-refractivity contribution is 14.1. The molecule has 58 valence electrons. The molecule has 11 heavy (non-hydrogen) atoms. The molecule has 1 aromatic carbocycles. The molecule has 0 radical (unpaired) electrons. The molecule has 0 aromatic heterocycles. The van der Waals surface area contributed by atoms with E-state index in [0.717, 1.165) is 3.57 Å². The zero-order chi connectivity index (χ0) is 8.27. The lowest BCUT2D eigenvalue weighted by atomic mass is 10.4. The van der Waals surface area contributed by atoms with Crippen LogP contribution in [0.25, 0.3) is 0 Å². The molecule has 0 unspecified atom stereocenters. The topological polar surface area (TPSA) is 29.1 Å². The van der Waals surface area contributed by atoms with Gasteiger partial charge < -0.3 is 5.32 Å². The minimum absolute atomic E-state index is 0.0235. The lowest BCUT2D eigenvalue weighted by Gasteiger charge is -1.89. The maximum absolute atomic E-state index is 11.1. The molecule has 2 nitrogen and oxygen atoms in total. The van der Waals surface area contributed by atoms with E-state index in [9.17, 15) is 4.79 Å². The first-order chi connectivity index (χ1) is 5.24. The van der Waals surface area contributed by atoms with Crippen molar-refractivity contribution in [2.24, 2.45) is 0 Å².